The molecule has 3 rings (SSSR count). The molecule has 0 fully saturated rings. The Bertz CT molecular complexity index is 903. The van der Waals surface area contributed by atoms with Gasteiger partial charge in [0, 0.05) is 36.1 Å². The first-order valence-corrected chi connectivity index (χ1v) is 8.64. The Kier molecular flexibility index (Phi) is 5.46. The number of amides is 1. The summed E-state index contributed by atoms with van der Waals surface area (Å²) in [7, 11) is 0. The van der Waals surface area contributed by atoms with Crippen molar-refractivity contribution in [1.29, 1.82) is 0 Å². The first kappa shape index (κ1) is 17.9. The van der Waals surface area contributed by atoms with Gasteiger partial charge in [-0.1, -0.05) is 24.3 Å². The molecular weight excluding hydrogens is 329 g/mol. The van der Waals surface area contributed by atoms with E-state index in [2.05, 4.69) is 10.3 Å². The summed E-state index contributed by atoms with van der Waals surface area (Å²) in [5, 5.41) is 2.95. The van der Waals surface area contributed by atoms with Gasteiger partial charge in [0.2, 0.25) is 0 Å². The maximum Gasteiger partial charge on any atom is 0.268 e. The molecule has 0 aliphatic heterocycles. The zero-order valence-electron chi connectivity index (χ0n) is 15.0. The average molecular weight is 351 g/mol. The van der Waals surface area contributed by atoms with Crippen LogP contribution < -0.4 is 5.32 Å². The second-order valence-electron chi connectivity index (χ2n) is 6.32. The van der Waals surface area contributed by atoms with Crippen LogP contribution in [0.25, 0.3) is 0 Å². The quantitative estimate of drug-likeness (QED) is 0.737. The fraction of sp³-hybridized carbons (Fsp3) is 0.238. The van der Waals surface area contributed by atoms with Gasteiger partial charge in [0.15, 0.2) is 0 Å². The summed E-state index contributed by atoms with van der Waals surface area (Å²) in [5.74, 6) is -0.414. The van der Waals surface area contributed by atoms with Gasteiger partial charge in [-0.2, -0.15) is 0 Å². The fourth-order valence-electron chi connectivity index (χ4n) is 3.09. The van der Waals surface area contributed by atoms with Crippen molar-refractivity contribution in [3.63, 3.8) is 0 Å². The van der Waals surface area contributed by atoms with Gasteiger partial charge in [-0.25, -0.2) is 4.39 Å². The van der Waals surface area contributed by atoms with Crippen LogP contribution in [0, 0.1) is 19.7 Å². The minimum absolute atomic E-state index is 0.150. The predicted octanol–water partition coefficient (Wildman–Crippen LogP) is 3.66. The van der Waals surface area contributed by atoms with E-state index in [-0.39, 0.29) is 11.7 Å². The van der Waals surface area contributed by atoms with Crippen molar-refractivity contribution in [2.75, 3.05) is 6.54 Å². The van der Waals surface area contributed by atoms with E-state index >= 15 is 0 Å². The molecule has 26 heavy (non-hydrogen) atoms. The second-order valence-corrected chi connectivity index (χ2v) is 6.32. The van der Waals surface area contributed by atoms with Crippen molar-refractivity contribution >= 4 is 5.91 Å². The number of nitrogens with zero attached hydrogens (tertiary/aromatic N) is 2. The lowest BCUT2D eigenvalue weighted by Gasteiger charge is -2.13. The van der Waals surface area contributed by atoms with E-state index in [9.17, 15) is 9.18 Å². The van der Waals surface area contributed by atoms with Crippen molar-refractivity contribution in [3.05, 3.63) is 88.8 Å². The normalized spacial score (nSPS) is 10.7. The number of rotatable bonds is 6. The number of hydrogen-bond acceptors (Lipinski definition) is 2. The standard InChI is InChI=1S/C21H22FN3O/c1-15-13-16(2)25(14-17-7-3-4-9-19(17)22)20(15)21(26)24-12-10-18-8-5-6-11-23-18/h3-9,11,13H,10,12,14H2,1-2H3,(H,24,26). The molecule has 0 aliphatic rings. The van der Waals surface area contributed by atoms with Crippen LogP contribution in [0.5, 0.6) is 0 Å². The smallest absolute Gasteiger partial charge is 0.268 e. The van der Waals surface area contributed by atoms with E-state index in [1.807, 2.05) is 42.7 Å². The van der Waals surface area contributed by atoms with Crippen molar-refractivity contribution in [1.82, 2.24) is 14.9 Å². The molecule has 3 aromatic rings. The molecule has 0 saturated heterocycles. The molecule has 0 atom stereocenters. The number of pyridine rings is 1. The summed E-state index contributed by atoms with van der Waals surface area (Å²) >= 11 is 0. The fourth-order valence-corrected chi connectivity index (χ4v) is 3.09. The first-order valence-electron chi connectivity index (χ1n) is 8.64. The molecule has 1 aromatic carbocycles. The maximum atomic E-state index is 14.0. The molecule has 0 aliphatic carbocycles. The molecule has 1 N–H and O–H groups in total. The zero-order valence-corrected chi connectivity index (χ0v) is 15.0. The second kappa shape index (κ2) is 7.95. The molecule has 134 valence electrons. The van der Waals surface area contributed by atoms with E-state index in [4.69, 9.17) is 0 Å². The van der Waals surface area contributed by atoms with E-state index in [0.29, 0.717) is 30.8 Å². The van der Waals surface area contributed by atoms with Crippen molar-refractivity contribution in [3.8, 4) is 0 Å². The highest BCUT2D eigenvalue weighted by Crippen LogP contribution is 2.18. The molecule has 0 spiro atoms. The molecule has 0 radical (unpaired) electrons. The number of aryl methyl sites for hydroxylation is 2. The number of hydrogen-bond donors (Lipinski definition) is 1. The Balaban J connectivity index is 1.74. The van der Waals surface area contributed by atoms with Gasteiger partial charge in [-0.3, -0.25) is 9.78 Å². The lowest BCUT2D eigenvalue weighted by atomic mass is 10.2. The number of halogens is 1. The monoisotopic (exact) mass is 351 g/mol. The van der Waals surface area contributed by atoms with E-state index in [1.54, 1.807) is 24.4 Å². The highest BCUT2D eigenvalue weighted by molar-refractivity contribution is 5.94. The van der Waals surface area contributed by atoms with Crippen LogP contribution in [0.3, 0.4) is 0 Å². The molecule has 5 heteroatoms. The van der Waals surface area contributed by atoms with Crippen LogP contribution in [0.1, 0.15) is 33.0 Å². The van der Waals surface area contributed by atoms with Crippen LogP contribution in [-0.4, -0.2) is 22.0 Å². The predicted molar refractivity (Wildman–Crippen MR) is 99.7 cm³/mol. The third kappa shape index (κ3) is 3.99. The van der Waals surface area contributed by atoms with E-state index in [1.165, 1.54) is 6.07 Å². The summed E-state index contributed by atoms with van der Waals surface area (Å²) in [5.41, 5.74) is 3.89. The Morgan fingerprint density at radius 3 is 2.65 bits per heavy atom. The summed E-state index contributed by atoms with van der Waals surface area (Å²) in [6.07, 6.45) is 2.41. The summed E-state index contributed by atoms with van der Waals surface area (Å²) in [6.45, 7) is 4.66. The number of aromatic nitrogens is 2. The van der Waals surface area contributed by atoms with E-state index in [0.717, 1.165) is 17.0 Å². The van der Waals surface area contributed by atoms with Crippen molar-refractivity contribution in [2.24, 2.45) is 0 Å². The lowest BCUT2D eigenvalue weighted by Crippen LogP contribution is -2.29. The molecule has 1 amide bonds. The summed E-state index contributed by atoms with van der Waals surface area (Å²) in [4.78, 5) is 17.0. The van der Waals surface area contributed by atoms with Crippen molar-refractivity contribution in [2.45, 2.75) is 26.8 Å². The number of nitrogens with one attached hydrogen (secondary N) is 1. The largest absolute Gasteiger partial charge is 0.350 e. The Labute approximate surface area is 152 Å². The van der Waals surface area contributed by atoms with Crippen LogP contribution in [0.4, 0.5) is 4.39 Å². The highest BCUT2D eigenvalue weighted by Gasteiger charge is 2.18. The Morgan fingerprint density at radius 1 is 1.15 bits per heavy atom. The number of benzene rings is 1. The maximum absolute atomic E-state index is 14.0. The van der Waals surface area contributed by atoms with Gasteiger partial charge in [0.25, 0.3) is 5.91 Å². The van der Waals surface area contributed by atoms with Crippen LogP contribution in [0.2, 0.25) is 0 Å². The van der Waals surface area contributed by atoms with Crippen LogP contribution in [-0.2, 0) is 13.0 Å². The minimum Gasteiger partial charge on any atom is -0.350 e. The third-order valence-electron chi connectivity index (χ3n) is 4.39. The van der Waals surface area contributed by atoms with Gasteiger partial charge < -0.3 is 9.88 Å². The van der Waals surface area contributed by atoms with Gasteiger partial charge >= 0.3 is 0 Å². The molecule has 2 heterocycles. The molecule has 0 bridgehead atoms. The van der Waals surface area contributed by atoms with Gasteiger partial charge in [-0.15, -0.1) is 0 Å². The average Bonchev–Trinajstić information content (AvgIpc) is 2.91. The first-order chi connectivity index (χ1) is 12.6. The zero-order chi connectivity index (χ0) is 18.5. The molecule has 2 aromatic heterocycles. The number of carbonyl (C=O) groups is 1. The SMILES string of the molecule is Cc1cc(C)n(Cc2ccccc2F)c1C(=O)NCCc1ccccn1. The van der Waals surface area contributed by atoms with Crippen molar-refractivity contribution < 1.29 is 9.18 Å². The Morgan fingerprint density at radius 2 is 1.92 bits per heavy atom. The van der Waals surface area contributed by atoms with Gasteiger partial charge in [0.05, 0.1) is 6.54 Å². The molecule has 4 nitrogen and oxygen atoms in total. The number of carbonyl (C=O) groups excluding carboxylic acids is 1. The third-order valence-corrected chi connectivity index (χ3v) is 4.39. The molecular formula is C21H22FN3O. The lowest BCUT2D eigenvalue weighted by molar-refractivity contribution is 0.0944. The Hall–Kier alpha value is -2.95. The minimum atomic E-state index is -0.264. The van der Waals surface area contributed by atoms with Gasteiger partial charge in [0.1, 0.15) is 11.5 Å². The molecule has 0 saturated carbocycles. The summed E-state index contributed by atoms with van der Waals surface area (Å²) < 4.78 is 15.9. The van der Waals surface area contributed by atoms with Gasteiger partial charge in [-0.05, 0) is 43.7 Å². The van der Waals surface area contributed by atoms with Crippen LogP contribution >= 0.6 is 0 Å². The van der Waals surface area contributed by atoms with E-state index < -0.39 is 0 Å². The topological polar surface area (TPSA) is 46.9 Å². The van der Waals surface area contributed by atoms with Crippen LogP contribution in [0.15, 0.2) is 54.7 Å². The molecule has 0 unspecified atom stereocenters. The summed E-state index contributed by atoms with van der Waals surface area (Å²) in [6, 6.07) is 14.3. The highest BCUT2D eigenvalue weighted by atomic mass is 19.1.